The third-order valence-corrected chi connectivity index (χ3v) is 3.83. The van der Waals surface area contributed by atoms with E-state index in [0.717, 1.165) is 5.56 Å². The van der Waals surface area contributed by atoms with Crippen molar-refractivity contribution >= 4 is 11.9 Å². The maximum absolute atomic E-state index is 12.0. The number of hydrogen-bond donors (Lipinski definition) is 0. The number of benzene rings is 1. The van der Waals surface area contributed by atoms with Crippen molar-refractivity contribution in [1.82, 2.24) is 0 Å². The Balaban J connectivity index is 2.53. The van der Waals surface area contributed by atoms with E-state index in [0.29, 0.717) is 0 Å². The summed E-state index contributed by atoms with van der Waals surface area (Å²) in [5, 5.41) is 0. The van der Waals surface area contributed by atoms with Crippen LogP contribution in [0.4, 0.5) is 0 Å². The first-order valence-corrected chi connectivity index (χ1v) is 5.80. The van der Waals surface area contributed by atoms with Crippen molar-refractivity contribution < 1.29 is 19.1 Å². The van der Waals surface area contributed by atoms with Gasteiger partial charge in [-0.2, -0.15) is 0 Å². The molecule has 1 aromatic rings. The fraction of sp³-hybridized carbons (Fsp3) is 0.429. The van der Waals surface area contributed by atoms with Crippen molar-refractivity contribution in [2.24, 2.45) is 5.41 Å². The predicted octanol–water partition coefficient (Wildman–Crippen LogP) is 2.03. The molecule has 1 aliphatic heterocycles. The zero-order chi connectivity index (χ0) is 13.4. The smallest absolute Gasteiger partial charge is 0.316 e. The standard InChI is InChI=1S/C14H16O4/c1-13(12(16)17-3)9-11(15)18-14(13,2)10-7-5-4-6-8-10/h4-8H,9H2,1-3H3/t13?,14-/m1/s1. The van der Waals surface area contributed by atoms with Crippen molar-refractivity contribution in [2.75, 3.05) is 7.11 Å². The Hall–Kier alpha value is -1.84. The van der Waals surface area contributed by atoms with Gasteiger partial charge >= 0.3 is 11.9 Å². The van der Waals surface area contributed by atoms with Crippen LogP contribution < -0.4 is 0 Å². The number of methoxy groups -OCH3 is 1. The van der Waals surface area contributed by atoms with Crippen LogP contribution >= 0.6 is 0 Å². The Labute approximate surface area is 106 Å². The number of carbonyl (C=O) groups excluding carboxylic acids is 2. The number of carbonyl (C=O) groups is 2. The van der Waals surface area contributed by atoms with Crippen LogP contribution in [0.1, 0.15) is 25.8 Å². The highest BCUT2D eigenvalue weighted by Gasteiger charge is 2.61. The average Bonchev–Trinajstić information content (AvgIpc) is 2.61. The summed E-state index contributed by atoms with van der Waals surface area (Å²) in [6, 6.07) is 9.27. The molecule has 4 heteroatoms. The molecule has 0 radical (unpaired) electrons. The molecular weight excluding hydrogens is 232 g/mol. The van der Waals surface area contributed by atoms with Crippen LogP contribution in [0.2, 0.25) is 0 Å². The molecule has 18 heavy (non-hydrogen) atoms. The molecule has 96 valence electrons. The molecule has 1 aromatic carbocycles. The van der Waals surface area contributed by atoms with Gasteiger partial charge in [0.2, 0.25) is 0 Å². The molecule has 4 nitrogen and oxygen atoms in total. The van der Waals surface area contributed by atoms with Crippen molar-refractivity contribution in [2.45, 2.75) is 25.9 Å². The van der Waals surface area contributed by atoms with E-state index in [4.69, 9.17) is 9.47 Å². The molecule has 0 saturated carbocycles. The largest absolute Gasteiger partial charge is 0.468 e. The highest BCUT2D eigenvalue weighted by molar-refractivity contribution is 5.88. The Bertz CT molecular complexity index is 482. The third kappa shape index (κ3) is 1.60. The van der Waals surface area contributed by atoms with Gasteiger partial charge in [-0.25, -0.2) is 0 Å². The quantitative estimate of drug-likeness (QED) is 0.751. The van der Waals surface area contributed by atoms with Crippen molar-refractivity contribution in [1.29, 1.82) is 0 Å². The summed E-state index contributed by atoms with van der Waals surface area (Å²) in [7, 11) is 1.32. The number of ether oxygens (including phenoxy) is 2. The van der Waals surface area contributed by atoms with Crippen LogP contribution in [-0.2, 0) is 24.7 Å². The van der Waals surface area contributed by atoms with E-state index in [9.17, 15) is 9.59 Å². The van der Waals surface area contributed by atoms with Crippen molar-refractivity contribution in [3.63, 3.8) is 0 Å². The Morgan fingerprint density at radius 3 is 2.44 bits per heavy atom. The Kier molecular flexibility index (Phi) is 2.89. The topological polar surface area (TPSA) is 52.6 Å². The van der Waals surface area contributed by atoms with Crippen LogP contribution in [0.5, 0.6) is 0 Å². The second-order valence-electron chi connectivity index (χ2n) is 4.87. The summed E-state index contributed by atoms with van der Waals surface area (Å²) in [6.07, 6.45) is 0.0328. The highest BCUT2D eigenvalue weighted by Crippen LogP contribution is 2.51. The molecule has 0 bridgehead atoms. The summed E-state index contributed by atoms with van der Waals surface area (Å²) in [6.45, 7) is 3.46. The summed E-state index contributed by atoms with van der Waals surface area (Å²) < 4.78 is 10.3. The maximum atomic E-state index is 12.0. The summed E-state index contributed by atoms with van der Waals surface area (Å²) in [5.41, 5.74) is -1.19. The molecule has 1 aliphatic rings. The highest BCUT2D eigenvalue weighted by atomic mass is 16.6. The molecule has 0 aromatic heterocycles. The van der Waals surface area contributed by atoms with Crippen LogP contribution in [0, 0.1) is 5.41 Å². The molecular formula is C14H16O4. The van der Waals surface area contributed by atoms with Crippen LogP contribution in [-0.4, -0.2) is 19.0 Å². The molecule has 1 fully saturated rings. The molecule has 0 N–H and O–H groups in total. The molecule has 0 amide bonds. The van der Waals surface area contributed by atoms with Gasteiger partial charge in [-0.1, -0.05) is 30.3 Å². The van der Waals surface area contributed by atoms with E-state index in [1.165, 1.54) is 7.11 Å². The van der Waals surface area contributed by atoms with Crippen LogP contribution in [0.25, 0.3) is 0 Å². The van der Waals surface area contributed by atoms with E-state index in [2.05, 4.69) is 0 Å². The fourth-order valence-electron chi connectivity index (χ4n) is 2.46. The van der Waals surface area contributed by atoms with E-state index in [-0.39, 0.29) is 12.4 Å². The van der Waals surface area contributed by atoms with E-state index < -0.39 is 17.0 Å². The SMILES string of the molecule is COC(=O)C1(C)CC(=O)O[C@]1(C)c1ccccc1. The minimum absolute atomic E-state index is 0.0328. The first-order chi connectivity index (χ1) is 8.44. The van der Waals surface area contributed by atoms with Gasteiger partial charge < -0.3 is 9.47 Å². The number of cyclic esters (lactones) is 1. The summed E-state index contributed by atoms with van der Waals surface area (Å²) >= 11 is 0. The second kappa shape index (κ2) is 4.12. The van der Waals surface area contributed by atoms with Gasteiger partial charge in [0, 0.05) is 0 Å². The molecule has 1 heterocycles. The van der Waals surface area contributed by atoms with Crippen LogP contribution in [0.15, 0.2) is 30.3 Å². The molecule has 0 aliphatic carbocycles. The monoisotopic (exact) mass is 248 g/mol. The van der Waals surface area contributed by atoms with Gasteiger partial charge in [0.25, 0.3) is 0 Å². The molecule has 2 rings (SSSR count). The lowest BCUT2D eigenvalue weighted by Gasteiger charge is -2.36. The summed E-state index contributed by atoms with van der Waals surface area (Å²) in [5.74, 6) is -0.811. The lowest BCUT2D eigenvalue weighted by Crippen LogP contribution is -2.44. The zero-order valence-corrected chi connectivity index (χ0v) is 10.7. The summed E-state index contributed by atoms with van der Waals surface area (Å²) in [4.78, 5) is 23.7. The lowest BCUT2D eigenvalue weighted by molar-refractivity contribution is -0.165. The third-order valence-electron chi connectivity index (χ3n) is 3.83. The van der Waals surface area contributed by atoms with Gasteiger partial charge in [-0.05, 0) is 19.4 Å². The number of rotatable bonds is 2. The normalized spacial score (nSPS) is 30.9. The molecule has 1 unspecified atom stereocenters. The first kappa shape index (κ1) is 12.6. The minimum Gasteiger partial charge on any atom is -0.468 e. The minimum atomic E-state index is -1.000. The molecule has 2 atom stereocenters. The van der Waals surface area contributed by atoms with Crippen molar-refractivity contribution in [3.8, 4) is 0 Å². The van der Waals surface area contributed by atoms with Gasteiger partial charge in [-0.3, -0.25) is 9.59 Å². The van der Waals surface area contributed by atoms with E-state index in [1.807, 2.05) is 30.3 Å². The molecule has 1 saturated heterocycles. The zero-order valence-electron chi connectivity index (χ0n) is 10.7. The maximum Gasteiger partial charge on any atom is 0.316 e. The van der Waals surface area contributed by atoms with Gasteiger partial charge in [0.05, 0.1) is 13.5 Å². The molecule has 0 spiro atoms. The van der Waals surface area contributed by atoms with E-state index >= 15 is 0 Å². The second-order valence-corrected chi connectivity index (χ2v) is 4.87. The number of esters is 2. The van der Waals surface area contributed by atoms with Crippen LogP contribution in [0.3, 0.4) is 0 Å². The first-order valence-electron chi connectivity index (χ1n) is 5.80. The van der Waals surface area contributed by atoms with Gasteiger partial charge in [-0.15, -0.1) is 0 Å². The fourth-order valence-corrected chi connectivity index (χ4v) is 2.46. The average molecular weight is 248 g/mol. The predicted molar refractivity (Wildman–Crippen MR) is 64.6 cm³/mol. The lowest BCUT2D eigenvalue weighted by atomic mass is 9.70. The van der Waals surface area contributed by atoms with E-state index in [1.54, 1.807) is 13.8 Å². The Morgan fingerprint density at radius 2 is 1.89 bits per heavy atom. The van der Waals surface area contributed by atoms with Gasteiger partial charge in [0.1, 0.15) is 5.41 Å². The Morgan fingerprint density at radius 1 is 1.28 bits per heavy atom. The number of hydrogen-bond acceptors (Lipinski definition) is 4. The van der Waals surface area contributed by atoms with Crippen molar-refractivity contribution in [3.05, 3.63) is 35.9 Å². The van der Waals surface area contributed by atoms with Gasteiger partial charge in [0.15, 0.2) is 5.60 Å².